The molecule has 1 unspecified atom stereocenters. The molecule has 0 aromatic rings. The summed E-state index contributed by atoms with van der Waals surface area (Å²) in [6.07, 6.45) is 14.4. The molecule has 2 saturated carbocycles. The monoisotopic (exact) mass is 542 g/mol. The van der Waals surface area contributed by atoms with Gasteiger partial charge in [-0.3, -0.25) is 0 Å². The van der Waals surface area contributed by atoms with Gasteiger partial charge in [0.1, 0.15) is 0 Å². The summed E-state index contributed by atoms with van der Waals surface area (Å²) >= 11 is 0. The van der Waals surface area contributed by atoms with E-state index >= 15 is 0 Å². The van der Waals surface area contributed by atoms with Crippen molar-refractivity contribution in [3.63, 3.8) is 0 Å². The van der Waals surface area contributed by atoms with Crippen LogP contribution in [0.3, 0.4) is 0 Å². The minimum absolute atomic E-state index is 0.194. The van der Waals surface area contributed by atoms with Crippen molar-refractivity contribution in [2.75, 3.05) is 0 Å². The number of hydrogen-bond donors (Lipinski definition) is 0. The molecule has 2 nitrogen and oxygen atoms in total. The Hall–Kier alpha value is -0.586. The van der Waals surface area contributed by atoms with E-state index < -0.39 is 16.6 Å². The predicted molar refractivity (Wildman–Crippen MR) is 165 cm³/mol. The van der Waals surface area contributed by atoms with Gasteiger partial charge in [-0.05, 0) is 115 Å². The van der Waals surface area contributed by atoms with Gasteiger partial charge in [0.15, 0.2) is 8.32 Å². The van der Waals surface area contributed by atoms with Gasteiger partial charge in [-0.25, -0.2) is 0 Å². The lowest BCUT2D eigenvalue weighted by molar-refractivity contribution is -0.0283. The average molecular weight is 543 g/mol. The van der Waals surface area contributed by atoms with Crippen LogP contribution in [0.25, 0.3) is 0 Å². The first-order valence-corrected chi connectivity index (χ1v) is 21.0. The standard InChI is InChI=1S/C33H58O2Si2/c1-23(34-36(10,11)30(2,3)4)27-16-17-28-26-15-14-24-22-25(35-37(12,13)31(5,6)7)18-20-32(24,8)29(26)19-21-33(27,28)9/h14,16,25-26,28-29H,1,15,17-22H2,2-13H3/t25?,26-,28-,29-,32-,33+/m0/s1. The van der Waals surface area contributed by atoms with Gasteiger partial charge >= 0.3 is 0 Å². The highest BCUT2D eigenvalue weighted by Crippen LogP contribution is 2.66. The van der Waals surface area contributed by atoms with Crippen LogP contribution in [-0.2, 0) is 8.85 Å². The zero-order chi connectivity index (χ0) is 27.8. The van der Waals surface area contributed by atoms with Gasteiger partial charge in [0.25, 0.3) is 0 Å². The number of rotatable bonds is 5. The highest BCUT2D eigenvalue weighted by Gasteiger charge is 2.58. The predicted octanol–water partition coefficient (Wildman–Crippen LogP) is 10.4. The van der Waals surface area contributed by atoms with Gasteiger partial charge in [-0.1, -0.05) is 79.7 Å². The van der Waals surface area contributed by atoms with Gasteiger partial charge in [0.05, 0.1) is 5.76 Å². The summed E-state index contributed by atoms with van der Waals surface area (Å²) < 4.78 is 13.7. The zero-order valence-electron chi connectivity index (χ0n) is 26.4. The maximum atomic E-state index is 6.93. The summed E-state index contributed by atoms with van der Waals surface area (Å²) in [6.45, 7) is 33.3. The molecule has 0 saturated heterocycles. The number of fused-ring (bicyclic) bond motifs is 5. The molecular formula is C33H58O2Si2. The lowest BCUT2D eigenvalue weighted by Crippen LogP contribution is -2.51. The Bertz CT molecular complexity index is 975. The molecule has 0 aliphatic heterocycles. The second-order valence-electron chi connectivity index (χ2n) is 16.6. The molecule has 0 radical (unpaired) electrons. The molecular weight excluding hydrogens is 485 g/mol. The van der Waals surface area contributed by atoms with Crippen LogP contribution in [0.4, 0.5) is 0 Å². The highest BCUT2D eigenvalue weighted by molar-refractivity contribution is 6.74. The van der Waals surface area contributed by atoms with Crippen LogP contribution in [0.2, 0.25) is 36.3 Å². The summed E-state index contributed by atoms with van der Waals surface area (Å²) in [7, 11) is -3.62. The van der Waals surface area contributed by atoms with Gasteiger partial charge in [-0.15, -0.1) is 0 Å². The van der Waals surface area contributed by atoms with E-state index in [4.69, 9.17) is 8.85 Å². The van der Waals surface area contributed by atoms with Crippen molar-refractivity contribution in [2.24, 2.45) is 28.6 Å². The van der Waals surface area contributed by atoms with Gasteiger partial charge in [-0.2, -0.15) is 0 Å². The highest BCUT2D eigenvalue weighted by atomic mass is 28.4. The summed E-state index contributed by atoms with van der Waals surface area (Å²) in [5.74, 6) is 3.29. The van der Waals surface area contributed by atoms with E-state index in [2.05, 4.69) is 100 Å². The van der Waals surface area contributed by atoms with Crippen LogP contribution in [0, 0.1) is 28.6 Å². The first-order valence-electron chi connectivity index (χ1n) is 15.2. The van der Waals surface area contributed by atoms with E-state index in [0.717, 1.165) is 29.9 Å². The van der Waals surface area contributed by atoms with E-state index in [1.807, 2.05) is 0 Å². The molecule has 0 amide bonds. The smallest absolute Gasteiger partial charge is 0.250 e. The third kappa shape index (κ3) is 4.95. The molecule has 0 aromatic carbocycles. The zero-order valence-corrected chi connectivity index (χ0v) is 28.4. The maximum absolute atomic E-state index is 6.93. The third-order valence-corrected chi connectivity index (χ3v) is 21.3. The minimum Gasteiger partial charge on any atom is -0.544 e. The normalized spacial score (nSPS) is 36.6. The van der Waals surface area contributed by atoms with Gasteiger partial charge < -0.3 is 8.85 Å². The van der Waals surface area contributed by atoms with Crippen molar-refractivity contribution in [1.29, 1.82) is 0 Å². The summed E-state index contributed by atoms with van der Waals surface area (Å²) in [5, 5.41) is 0.471. The molecule has 210 valence electrons. The quantitative estimate of drug-likeness (QED) is 0.195. The SMILES string of the molecule is C=C(O[Si](C)(C)C(C)(C)C)C1=CC[C@H]2[C@@H]3CC=C4CC(O[Si](C)(C)C(C)(C)C)CC[C@]4(C)[C@H]3CC[C@]12C. The fraction of sp³-hybridized carbons (Fsp3) is 0.818. The second kappa shape index (κ2) is 9.23. The minimum atomic E-state index is -1.89. The van der Waals surface area contributed by atoms with E-state index in [0.29, 0.717) is 11.5 Å². The second-order valence-corrected chi connectivity index (χ2v) is 26.1. The van der Waals surface area contributed by atoms with Crippen LogP contribution in [0.5, 0.6) is 0 Å². The van der Waals surface area contributed by atoms with Crippen LogP contribution < -0.4 is 0 Å². The Kier molecular flexibility index (Phi) is 7.33. The molecule has 2 fully saturated rings. The van der Waals surface area contributed by atoms with Crippen molar-refractivity contribution in [3.05, 3.63) is 35.6 Å². The van der Waals surface area contributed by atoms with Gasteiger partial charge in [0.2, 0.25) is 8.32 Å². The van der Waals surface area contributed by atoms with Crippen LogP contribution in [0.1, 0.15) is 100 Å². The Labute approximate surface area is 232 Å². The maximum Gasteiger partial charge on any atom is 0.250 e. The largest absolute Gasteiger partial charge is 0.544 e. The van der Waals surface area contributed by atoms with E-state index in [1.54, 1.807) is 5.57 Å². The van der Waals surface area contributed by atoms with Crippen molar-refractivity contribution >= 4 is 16.6 Å². The Morgan fingerprint density at radius 1 is 0.838 bits per heavy atom. The lowest BCUT2D eigenvalue weighted by Gasteiger charge is -2.58. The molecule has 0 bridgehead atoms. The first-order chi connectivity index (χ1) is 16.7. The molecule has 4 aliphatic rings. The fourth-order valence-electron chi connectivity index (χ4n) is 7.84. The van der Waals surface area contributed by atoms with Crippen molar-refractivity contribution in [3.8, 4) is 0 Å². The molecule has 4 heteroatoms. The summed E-state index contributed by atoms with van der Waals surface area (Å²) in [4.78, 5) is 0. The molecule has 0 aromatic heterocycles. The molecule has 0 N–H and O–H groups in total. The van der Waals surface area contributed by atoms with Crippen molar-refractivity contribution in [2.45, 2.75) is 143 Å². The Morgan fingerprint density at radius 2 is 1.43 bits per heavy atom. The fourth-order valence-corrected chi connectivity index (χ4v) is 10.3. The van der Waals surface area contributed by atoms with E-state index in [9.17, 15) is 0 Å². The van der Waals surface area contributed by atoms with Crippen LogP contribution in [0.15, 0.2) is 35.6 Å². The number of allylic oxidation sites excluding steroid dienone is 3. The van der Waals surface area contributed by atoms with Crippen LogP contribution >= 0.6 is 0 Å². The third-order valence-electron chi connectivity index (χ3n) is 12.4. The van der Waals surface area contributed by atoms with E-state index in [-0.39, 0.29) is 15.5 Å². The molecule has 0 spiro atoms. The topological polar surface area (TPSA) is 18.5 Å². The Balaban J connectivity index is 1.50. The Morgan fingerprint density at radius 3 is 2.03 bits per heavy atom. The van der Waals surface area contributed by atoms with Gasteiger partial charge in [0, 0.05) is 6.10 Å². The molecule has 37 heavy (non-hydrogen) atoms. The molecule has 4 rings (SSSR count). The summed E-state index contributed by atoms with van der Waals surface area (Å²) in [5.41, 5.74) is 3.73. The first kappa shape index (κ1) is 29.4. The number of hydrogen-bond acceptors (Lipinski definition) is 2. The lowest BCUT2D eigenvalue weighted by atomic mass is 9.47. The molecule has 4 aliphatic carbocycles. The van der Waals surface area contributed by atoms with Crippen molar-refractivity contribution < 1.29 is 8.85 Å². The van der Waals surface area contributed by atoms with E-state index in [1.165, 1.54) is 44.1 Å². The molecule has 0 heterocycles. The van der Waals surface area contributed by atoms with Crippen molar-refractivity contribution in [1.82, 2.24) is 0 Å². The average Bonchev–Trinajstić information content (AvgIpc) is 3.09. The summed E-state index contributed by atoms with van der Waals surface area (Å²) in [6, 6.07) is 0. The van der Waals surface area contributed by atoms with Crippen LogP contribution in [-0.4, -0.2) is 22.7 Å². The molecule has 6 atom stereocenters.